The highest BCUT2D eigenvalue weighted by atomic mass is 16.1. The average Bonchev–Trinajstić information content (AvgIpc) is 2.13. The maximum atomic E-state index is 11.5. The zero-order valence-electron chi connectivity index (χ0n) is 11.3. The molecule has 0 radical (unpaired) electrons. The lowest BCUT2D eigenvalue weighted by molar-refractivity contribution is -0.120. The minimum Gasteiger partial charge on any atom is -0.325 e. The van der Waals surface area contributed by atoms with E-state index in [4.69, 9.17) is 5.73 Å². The molecule has 0 saturated carbocycles. The number of unbranched alkanes of at least 4 members (excludes halogenated alkanes) is 6. The summed E-state index contributed by atoms with van der Waals surface area (Å²) >= 11 is 0. The Kier molecular flexibility index (Phi) is 8.54. The lowest BCUT2D eigenvalue weighted by Gasteiger charge is -2.16. The molecule has 0 atom stereocenters. The number of ketones is 1. The monoisotopic (exact) mass is 227 g/mol. The van der Waals surface area contributed by atoms with Crippen LogP contribution in [0.2, 0.25) is 0 Å². The van der Waals surface area contributed by atoms with Gasteiger partial charge < -0.3 is 5.73 Å². The van der Waals surface area contributed by atoms with E-state index in [2.05, 4.69) is 6.92 Å². The zero-order chi connectivity index (χ0) is 12.4. The maximum Gasteiger partial charge on any atom is 0.134 e. The molecule has 0 bridgehead atoms. The fraction of sp³-hybridized carbons (Fsp3) is 0.929. The van der Waals surface area contributed by atoms with Gasteiger partial charge in [0.15, 0.2) is 0 Å². The molecule has 2 N–H and O–H groups in total. The lowest BCUT2D eigenvalue weighted by atomic mass is 9.96. The normalized spacial score (nSPS) is 11.8. The molecule has 0 aliphatic heterocycles. The Hall–Kier alpha value is -0.370. The Morgan fingerprint density at radius 1 is 1.00 bits per heavy atom. The SMILES string of the molecule is CCCCCCCCCC(=O)CC(C)(C)N. The Morgan fingerprint density at radius 3 is 2.00 bits per heavy atom. The molecular formula is C14H29NO. The number of carbonyl (C=O) groups is 1. The zero-order valence-corrected chi connectivity index (χ0v) is 11.3. The molecule has 0 aliphatic rings. The number of hydrogen-bond donors (Lipinski definition) is 1. The number of Topliss-reactive ketones (excluding diaryl/α,β-unsaturated/α-hetero) is 1. The molecule has 0 amide bonds. The summed E-state index contributed by atoms with van der Waals surface area (Å²) in [6, 6.07) is 0. The van der Waals surface area contributed by atoms with Gasteiger partial charge in [0.25, 0.3) is 0 Å². The summed E-state index contributed by atoms with van der Waals surface area (Å²) in [6.07, 6.45) is 10.1. The third-order valence-electron chi connectivity index (χ3n) is 2.71. The van der Waals surface area contributed by atoms with Crippen LogP contribution in [0.5, 0.6) is 0 Å². The van der Waals surface area contributed by atoms with E-state index < -0.39 is 0 Å². The lowest BCUT2D eigenvalue weighted by Crippen LogP contribution is -2.34. The van der Waals surface area contributed by atoms with Gasteiger partial charge in [-0.15, -0.1) is 0 Å². The fourth-order valence-electron chi connectivity index (χ4n) is 1.88. The molecule has 0 spiro atoms. The van der Waals surface area contributed by atoms with Crippen LogP contribution in [0, 0.1) is 0 Å². The van der Waals surface area contributed by atoms with Crippen LogP contribution in [-0.4, -0.2) is 11.3 Å². The van der Waals surface area contributed by atoms with E-state index in [9.17, 15) is 4.79 Å². The smallest absolute Gasteiger partial charge is 0.134 e. The second-order valence-electron chi connectivity index (χ2n) is 5.58. The molecule has 0 heterocycles. The van der Waals surface area contributed by atoms with E-state index >= 15 is 0 Å². The molecule has 2 nitrogen and oxygen atoms in total. The van der Waals surface area contributed by atoms with E-state index in [1.807, 2.05) is 13.8 Å². The number of hydrogen-bond acceptors (Lipinski definition) is 2. The van der Waals surface area contributed by atoms with Crippen molar-refractivity contribution in [3.05, 3.63) is 0 Å². The first-order valence-corrected chi connectivity index (χ1v) is 6.76. The van der Waals surface area contributed by atoms with Gasteiger partial charge in [0.05, 0.1) is 0 Å². The van der Waals surface area contributed by atoms with Gasteiger partial charge in [-0.25, -0.2) is 0 Å². The van der Waals surface area contributed by atoms with Crippen LogP contribution in [-0.2, 0) is 4.79 Å². The summed E-state index contributed by atoms with van der Waals surface area (Å²) in [6.45, 7) is 6.05. The van der Waals surface area contributed by atoms with Crippen LogP contribution in [0.4, 0.5) is 0 Å². The van der Waals surface area contributed by atoms with Gasteiger partial charge in [0, 0.05) is 18.4 Å². The highest BCUT2D eigenvalue weighted by Crippen LogP contribution is 2.11. The summed E-state index contributed by atoms with van der Waals surface area (Å²) in [5.41, 5.74) is 5.47. The average molecular weight is 227 g/mol. The molecule has 0 aromatic heterocycles. The van der Waals surface area contributed by atoms with Crippen LogP contribution in [0.15, 0.2) is 0 Å². The first kappa shape index (κ1) is 15.6. The van der Waals surface area contributed by atoms with Gasteiger partial charge in [-0.3, -0.25) is 4.79 Å². The van der Waals surface area contributed by atoms with Gasteiger partial charge in [-0.1, -0.05) is 45.4 Å². The summed E-state index contributed by atoms with van der Waals surface area (Å²) in [4.78, 5) is 11.5. The highest BCUT2D eigenvalue weighted by molar-refractivity contribution is 5.79. The molecule has 0 fully saturated rings. The van der Waals surface area contributed by atoms with Gasteiger partial charge in [0.1, 0.15) is 5.78 Å². The van der Waals surface area contributed by atoms with Crippen molar-refractivity contribution in [2.24, 2.45) is 5.73 Å². The Morgan fingerprint density at radius 2 is 1.50 bits per heavy atom. The number of nitrogens with two attached hydrogens (primary N) is 1. The van der Waals surface area contributed by atoms with Crippen molar-refractivity contribution in [1.82, 2.24) is 0 Å². The molecule has 0 saturated heterocycles. The van der Waals surface area contributed by atoms with Crippen molar-refractivity contribution >= 4 is 5.78 Å². The molecule has 0 rings (SSSR count). The number of carbonyl (C=O) groups excluding carboxylic acids is 1. The van der Waals surface area contributed by atoms with E-state index in [-0.39, 0.29) is 5.54 Å². The van der Waals surface area contributed by atoms with Crippen molar-refractivity contribution in [2.45, 2.75) is 84.1 Å². The maximum absolute atomic E-state index is 11.5. The molecule has 16 heavy (non-hydrogen) atoms. The third kappa shape index (κ3) is 11.7. The predicted molar refractivity (Wildman–Crippen MR) is 70.5 cm³/mol. The second-order valence-corrected chi connectivity index (χ2v) is 5.58. The molecule has 96 valence electrons. The summed E-state index contributed by atoms with van der Waals surface area (Å²) in [5.74, 6) is 0.320. The standard InChI is InChI=1S/C14H29NO/c1-4-5-6-7-8-9-10-11-13(16)12-14(2,3)15/h4-12,15H2,1-3H3. The minimum absolute atomic E-state index is 0.320. The first-order valence-electron chi connectivity index (χ1n) is 6.76. The Labute approximate surface area is 101 Å². The summed E-state index contributed by atoms with van der Waals surface area (Å²) in [5, 5.41) is 0. The molecular weight excluding hydrogens is 198 g/mol. The van der Waals surface area contributed by atoms with Crippen LogP contribution >= 0.6 is 0 Å². The van der Waals surface area contributed by atoms with Crippen LogP contribution < -0.4 is 5.73 Å². The van der Waals surface area contributed by atoms with E-state index in [0.717, 1.165) is 6.42 Å². The number of rotatable bonds is 10. The first-order chi connectivity index (χ1) is 7.45. The van der Waals surface area contributed by atoms with Gasteiger partial charge >= 0.3 is 0 Å². The van der Waals surface area contributed by atoms with Crippen molar-refractivity contribution in [1.29, 1.82) is 0 Å². The van der Waals surface area contributed by atoms with E-state index in [0.29, 0.717) is 18.6 Å². The largest absolute Gasteiger partial charge is 0.325 e. The summed E-state index contributed by atoms with van der Waals surface area (Å²) < 4.78 is 0. The molecule has 2 heteroatoms. The second kappa shape index (κ2) is 8.74. The van der Waals surface area contributed by atoms with Gasteiger partial charge in [-0.05, 0) is 20.3 Å². The summed E-state index contributed by atoms with van der Waals surface area (Å²) in [7, 11) is 0. The van der Waals surface area contributed by atoms with Gasteiger partial charge in [-0.2, -0.15) is 0 Å². The van der Waals surface area contributed by atoms with Crippen molar-refractivity contribution < 1.29 is 4.79 Å². The van der Waals surface area contributed by atoms with Crippen LogP contribution in [0.3, 0.4) is 0 Å². The Balaban J connectivity index is 3.28. The van der Waals surface area contributed by atoms with E-state index in [1.165, 1.54) is 38.5 Å². The van der Waals surface area contributed by atoms with E-state index in [1.54, 1.807) is 0 Å². The molecule has 0 aliphatic carbocycles. The minimum atomic E-state index is -0.335. The molecule has 0 aromatic rings. The van der Waals surface area contributed by atoms with Crippen molar-refractivity contribution in [2.75, 3.05) is 0 Å². The fourth-order valence-corrected chi connectivity index (χ4v) is 1.88. The van der Waals surface area contributed by atoms with Crippen molar-refractivity contribution in [3.8, 4) is 0 Å². The Bertz CT molecular complexity index is 182. The predicted octanol–water partition coefficient (Wildman–Crippen LogP) is 3.82. The highest BCUT2D eigenvalue weighted by Gasteiger charge is 2.15. The third-order valence-corrected chi connectivity index (χ3v) is 2.71. The quantitative estimate of drug-likeness (QED) is 0.576. The van der Waals surface area contributed by atoms with Crippen LogP contribution in [0.25, 0.3) is 0 Å². The van der Waals surface area contributed by atoms with Crippen molar-refractivity contribution in [3.63, 3.8) is 0 Å². The van der Waals surface area contributed by atoms with Crippen LogP contribution in [0.1, 0.15) is 78.6 Å². The topological polar surface area (TPSA) is 43.1 Å². The van der Waals surface area contributed by atoms with Gasteiger partial charge in [0.2, 0.25) is 0 Å². The molecule has 0 aromatic carbocycles. The molecule has 0 unspecified atom stereocenters.